The van der Waals surface area contributed by atoms with Gasteiger partial charge in [-0.2, -0.15) is 0 Å². The minimum Gasteiger partial charge on any atom is -0.217 e. The minimum atomic E-state index is -0.824. The van der Waals surface area contributed by atoms with E-state index in [-0.39, 0.29) is 0 Å². The van der Waals surface area contributed by atoms with Crippen LogP contribution in [-0.4, -0.2) is 20.2 Å². The zero-order valence-electron chi connectivity index (χ0n) is 9.38. The highest BCUT2D eigenvalue weighted by Gasteiger charge is 2.27. The van der Waals surface area contributed by atoms with Crippen molar-refractivity contribution < 1.29 is 8.78 Å². The van der Waals surface area contributed by atoms with E-state index in [1.165, 1.54) is 17.8 Å². The number of tetrazole rings is 1. The summed E-state index contributed by atoms with van der Waals surface area (Å²) in [4.78, 5) is 0. The lowest BCUT2D eigenvalue weighted by Gasteiger charge is -2.04. The van der Waals surface area contributed by atoms with Crippen LogP contribution in [0, 0.1) is 11.6 Å². The molecule has 0 spiro atoms. The topological polar surface area (TPSA) is 43.6 Å². The number of nitrogens with zero attached hydrogens (tertiary/aromatic N) is 4. The number of rotatable bonds is 4. The van der Waals surface area contributed by atoms with Crippen LogP contribution in [0.2, 0.25) is 0 Å². The predicted molar refractivity (Wildman–Crippen MR) is 62.0 cm³/mol. The molecular formula is C11H10F2N4S. The first-order valence-electron chi connectivity index (χ1n) is 5.59. The smallest absolute Gasteiger partial charge is 0.209 e. The Hall–Kier alpha value is -1.50. The molecule has 0 atom stereocenters. The maximum absolute atomic E-state index is 13.5. The first-order valence-corrected chi connectivity index (χ1v) is 6.58. The largest absolute Gasteiger partial charge is 0.217 e. The molecule has 1 fully saturated rings. The number of hydrogen-bond acceptors (Lipinski definition) is 4. The van der Waals surface area contributed by atoms with Gasteiger partial charge in [0.15, 0.2) is 11.6 Å². The molecule has 0 N–H and O–H groups in total. The zero-order chi connectivity index (χ0) is 12.5. The zero-order valence-corrected chi connectivity index (χ0v) is 10.2. The van der Waals surface area contributed by atoms with Gasteiger partial charge in [0.1, 0.15) is 0 Å². The summed E-state index contributed by atoms with van der Waals surface area (Å²) in [5.41, 5.74) is 0.324. The second-order valence-corrected chi connectivity index (χ2v) is 5.08. The summed E-state index contributed by atoms with van der Waals surface area (Å²) in [5, 5.41) is 12.1. The SMILES string of the molecule is Fc1cccc(CSc2nnnn2C2CC2)c1F. The molecule has 1 saturated carbocycles. The van der Waals surface area contributed by atoms with Gasteiger partial charge < -0.3 is 0 Å². The van der Waals surface area contributed by atoms with Crippen molar-refractivity contribution in [2.45, 2.75) is 29.8 Å². The first-order chi connectivity index (χ1) is 8.75. The molecule has 7 heteroatoms. The third kappa shape index (κ3) is 2.22. The Morgan fingerprint density at radius 1 is 1.33 bits per heavy atom. The molecule has 0 amide bonds. The Morgan fingerprint density at radius 3 is 2.94 bits per heavy atom. The maximum Gasteiger partial charge on any atom is 0.209 e. The van der Waals surface area contributed by atoms with Crippen molar-refractivity contribution >= 4 is 11.8 Å². The molecule has 1 aromatic carbocycles. The average Bonchev–Trinajstić information content (AvgIpc) is 3.11. The predicted octanol–water partition coefficient (Wildman–Crippen LogP) is 2.58. The molecule has 2 aromatic rings. The second-order valence-electron chi connectivity index (χ2n) is 4.14. The molecule has 0 unspecified atom stereocenters. The molecule has 94 valence electrons. The third-order valence-electron chi connectivity index (χ3n) is 2.74. The van der Waals surface area contributed by atoms with Gasteiger partial charge in [-0.25, -0.2) is 13.5 Å². The molecule has 18 heavy (non-hydrogen) atoms. The standard InChI is InChI=1S/C11H10F2N4S/c12-9-3-1-2-7(10(9)13)6-18-11-14-15-16-17(11)8-4-5-8/h1-3,8H,4-6H2. The summed E-state index contributed by atoms with van der Waals surface area (Å²) in [6, 6.07) is 4.55. The van der Waals surface area contributed by atoms with Gasteiger partial charge in [-0.05, 0) is 29.3 Å². The van der Waals surface area contributed by atoms with Crippen LogP contribution < -0.4 is 0 Å². The van der Waals surface area contributed by atoms with Crippen molar-refractivity contribution in [2.24, 2.45) is 0 Å². The van der Waals surface area contributed by atoms with E-state index in [1.54, 1.807) is 10.7 Å². The molecule has 0 bridgehead atoms. The lowest BCUT2D eigenvalue weighted by molar-refractivity contribution is 0.502. The van der Waals surface area contributed by atoms with Crippen molar-refractivity contribution in [3.8, 4) is 0 Å². The van der Waals surface area contributed by atoms with E-state index in [2.05, 4.69) is 15.5 Å². The quantitative estimate of drug-likeness (QED) is 0.799. The molecule has 4 nitrogen and oxygen atoms in total. The van der Waals surface area contributed by atoms with Gasteiger partial charge in [0, 0.05) is 11.3 Å². The van der Waals surface area contributed by atoms with Crippen LogP contribution in [-0.2, 0) is 5.75 Å². The average molecular weight is 268 g/mol. The van der Waals surface area contributed by atoms with E-state index in [0.29, 0.717) is 22.5 Å². The number of hydrogen-bond donors (Lipinski definition) is 0. The van der Waals surface area contributed by atoms with Crippen LogP contribution in [0.5, 0.6) is 0 Å². The second kappa shape index (κ2) is 4.64. The van der Waals surface area contributed by atoms with Crippen LogP contribution in [0.15, 0.2) is 23.4 Å². The highest BCUT2D eigenvalue weighted by molar-refractivity contribution is 7.98. The molecule has 0 saturated heterocycles. The molecule has 0 aliphatic heterocycles. The fourth-order valence-corrected chi connectivity index (χ4v) is 2.55. The summed E-state index contributed by atoms with van der Waals surface area (Å²) in [6.07, 6.45) is 2.15. The summed E-state index contributed by atoms with van der Waals surface area (Å²) < 4.78 is 28.2. The highest BCUT2D eigenvalue weighted by atomic mass is 32.2. The Bertz CT molecular complexity index is 568. The Labute approximate surface area is 106 Å². The van der Waals surface area contributed by atoms with Crippen molar-refractivity contribution in [2.75, 3.05) is 0 Å². The third-order valence-corrected chi connectivity index (χ3v) is 3.73. The van der Waals surface area contributed by atoms with E-state index in [4.69, 9.17) is 0 Å². The minimum absolute atomic E-state index is 0.316. The molecule has 1 heterocycles. The van der Waals surface area contributed by atoms with Gasteiger partial charge in [-0.1, -0.05) is 23.9 Å². The molecule has 1 aliphatic carbocycles. The summed E-state index contributed by atoms with van der Waals surface area (Å²) in [5.74, 6) is -1.30. The van der Waals surface area contributed by atoms with Gasteiger partial charge in [0.25, 0.3) is 0 Å². The van der Waals surface area contributed by atoms with Crippen LogP contribution in [0.3, 0.4) is 0 Å². The fraction of sp³-hybridized carbons (Fsp3) is 0.364. The van der Waals surface area contributed by atoms with E-state index < -0.39 is 11.6 Å². The normalized spacial score (nSPS) is 15.0. The maximum atomic E-state index is 13.5. The van der Waals surface area contributed by atoms with Crippen molar-refractivity contribution in [3.63, 3.8) is 0 Å². The van der Waals surface area contributed by atoms with Crippen LogP contribution >= 0.6 is 11.8 Å². The molecule has 3 rings (SSSR count). The number of thioether (sulfide) groups is 1. The van der Waals surface area contributed by atoms with E-state index in [1.807, 2.05) is 0 Å². The van der Waals surface area contributed by atoms with Crippen molar-refractivity contribution in [1.29, 1.82) is 0 Å². The van der Waals surface area contributed by atoms with E-state index >= 15 is 0 Å². The van der Waals surface area contributed by atoms with Crippen molar-refractivity contribution in [1.82, 2.24) is 20.2 Å². The lowest BCUT2D eigenvalue weighted by Crippen LogP contribution is -1.99. The monoisotopic (exact) mass is 268 g/mol. The number of benzene rings is 1. The Kier molecular flexibility index (Phi) is 2.99. The van der Waals surface area contributed by atoms with Gasteiger partial charge >= 0.3 is 0 Å². The fourth-order valence-electron chi connectivity index (χ4n) is 1.63. The van der Waals surface area contributed by atoms with Crippen LogP contribution in [0.4, 0.5) is 8.78 Å². The summed E-state index contributed by atoms with van der Waals surface area (Å²) >= 11 is 1.32. The Morgan fingerprint density at radius 2 is 2.17 bits per heavy atom. The lowest BCUT2D eigenvalue weighted by atomic mass is 10.2. The summed E-state index contributed by atoms with van der Waals surface area (Å²) in [7, 11) is 0. The number of halogens is 2. The van der Waals surface area contributed by atoms with Crippen LogP contribution in [0.25, 0.3) is 0 Å². The van der Waals surface area contributed by atoms with Gasteiger partial charge in [-0.15, -0.1) is 5.10 Å². The van der Waals surface area contributed by atoms with E-state index in [0.717, 1.165) is 18.9 Å². The molecule has 1 aliphatic rings. The van der Waals surface area contributed by atoms with E-state index in [9.17, 15) is 8.78 Å². The molecule has 1 aromatic heterocycles. The number of aromatic nitrogens is 4. The van der Waals surface area contributed by atoms with Gasteiger partial charge in [0.2, 0.25) is 5.16 Å². The molecule has 0 radical (unpaired) electrons. The summed E-state index contributed by atoms with van der Waals surface area (Å²) in [6.45, 7) is 0. The Balaban J connectivity index is 1.74. The highest BCUT2D eigenvalue weighted by Crippen LogP contribution is 2.37. The van der Waals surface area contributed by atoms with Gasteiger partial charge in [-0.3, -0.25) is 0 Å². The molecular weight excluding hydrogens is 258 g/mol. The van der Waals surface area contributed by atoms with Gasteiger partial charge in [0.05, 0.1) is 6.04 Å². The first kappa shape index (κ1) is 11.6. The van der Waals surface area contributed by atoms with Crippen molar-refractivity contribution in [3.05, 3.63) is 35.4 Å². The van der Waals surface area contributed by atoms with Crippen LogP contribution in [0.1, 0.15) is 24.4 Å².